The van der Waals surface area contributed by atoms with E-state index in [0.717, 1.165) is 5.56 Å². The Morgan fingerprint density at radius 3 is 2.74 bits per heavy atom. The maximum absolute atomic E-state index is 12.0. The van der Waals surface area contributed by atoms with Gasteiger partial charge in [-0.15, -0.1) is 0 Å². The summed E-state index contributed by atoms with van der Waals surface area (Å²) in [6.45, 7) is 2.38. The molecule has 1 aromatic carbocycles. The zero-order valence-electron chi connectivity index (χ0n) is 10.8. The number of nitrogens with one attached hydrogen (secondary N) is 1. The van der Waals surface area contributed by atoms with Crippen LogP contribution in [0.3, 0.4) is 0 Å². The largest absolute Gasteiger partial charge is 0.394 e. The molecule has 0 saturated carbocycles. The van der Waals surface area contributed by atoms with E-state index >= 15 is 0 Å². The molecule has 0 bridgehead atoms. The van der Waals surface area contributed by atoms with Crippen LogP contribution in [-0.4, -0.2) is 21.3 Å². The van der Waals surface area contributed by atoms with Crippen LogP contribution in [0.15, 0.2) is 47.5 Å². The quantitative estimate of drug-likeness (QED) is 0.852. The molecule has 5 heteroatoms. The van der Waals surface area contributed by atoms with Gasteiger partial charge in [-0.05, 0) is 12.5 Å². The molecule has 1 aromatic heterocycles. The van der Waals surface area contributed by atoms with Crippen molar-refractivity contribution in [2.45, 2.75) is 19.5 Å². The van der Waals surface area contributed by atoms with E-state index in [-0.39, 0.29) is 24.0 Å². The summed E-state index contributed by atoms with van der Waals surface area (Å²) in [6.07, 6.45) is 3.22. The smallest absolute Gasteiger partial charge is 0.293 e. The summed E-state index contributed by atoms with van der Waals surface area (Å²) in [7, 11) is 0. The molecule has 1 unspecified atom stereocenters. The number of aliphatic hydroxyl groups excluding tert-OH is 1. The summed E-state index contributed by atoms with van der Waals surface area (Å²) in [5.41, 5.74) is 0.734. The number of aryl methyl sites for hydroxylation is 1. The van der Waals surface area contributed by atoms with Crippen molar-refractivity contribution in [3.05, 3.63) is 58.6 Å². The molecule has 0 aliphatic carbocycles. The van der Waals surface area contributed by atoms with Crippen LogP contribution in [0.2, 0.25) is 0 Å². The Morgan fingerprint density at radius 1 is 1.37 bits per heavy atom. The van der Waals surface area contributed by atoms with Crippen LogP contribution in [0.4, 0.5) is 5.82 Å². The van der Waals surface area contributed by atoms with Gasteiger partial charge in [0.25, 0.3) is 5.56 Å². The number of aromatic nitrogens is 2. The first-order chi connectivity index (χ1) is 9.26. The van der Waals surface area contributed by atoms with E-state index in [1.54, 1.807) is 17.0 Å². The third kappa shape index (κ3) is 3.00. The average molecular weight is 259 g/mol. The Balaban J connectivity index is 2.27. The van der Waals surface area contributed by atoms with Crippen molar-refractivity contribution >= 4 is 5.82 Å². The van der Waals surface area contributed by atoms with Crippen LogP contribution in [0.25, 0.3) is 0 Å². The molecule has 100 valence electrons. The van der Waals surface area contributed by atoms with Gasteiger partial charge >= 0.3 is 0 Å². The molecule has 2 aromatic rings. The molecule has 1 heterocycles. The Bertz CT molecular complexity index is 581. The summed E-state index contributed by atoms with van der Waals surface area (Å²) >= 11 is 0. The van der Waals surface area contributed by atoms with E-state index in [4.69, 9.17) is 0 Å². The number of hydrogen-bond donors (Lipinski definition) is 2. The topological polar surface area (TPSA) is 67.2 Å². The molecule has 0 saturated heterocycles. The molecular formula is C14H17N3O2. The van der Waals surface area contributed by atoms with Gasteiger partial charge < -0.3 is 15.0 Å². The van der Waals surface area contributed by atoms with Gasteiger partial charge in [0.1, 0.15) is 0 Å². The van der Waals surface area contributed by atoms with Gasteiger partial charge in [0.05, 0.1) is 12.6 Å². The fraction of sp³-hybridized carbons (Fsp3) is 0.286. The maximum Gasteiger partial charge on any atom is 0.293 e. The van der Waals surface area contributed by atoms with Crippen molar-refractivity contribution in [2.75, 3.05) is 11.9 Å². The van der Waals surface area contributed by atoms with Gasteiger partial charge in [-0.1, -0.05) is 30.3 Å². The molecule has 0 fully saturated rings. The molecular weight excluding hydrogens is 242 g/mol. The average Bonchev–Trinajstić information content (AvgIpc) is 2.47. The molecule has 0 aliphatic rings. The molecule has 5 nitrogen and oxygen atoms in total. The summed E-state index contributed by atoms with van der Waals surface area (Å²) in [6, 6.07) is 9.15. The zero-order valence-corrected chi connectivity index (χ0v) is 10.8. The van der Waals surface area contributed by atoms with E-state index in [1.165, 1.54) is 0 Å². The lowest BCUT2D eigenvalue weighted by Crippen LogP contribution is -2.26. The summed E-state index contributed by atoms with van der Waals surface area (Å²) in [4.78, 5) is 16.1. The highest BCUT2D eigenvalue weighted by molar-refractivity contribution is 5.36. The Labute approximate surface area is 111 Å². The number of hydrogen-bond acceptors (Lipinski definition) is 4. The fourth-order valence-corrected chi connectivity index (χ4v) is 1.88. The molecule has 2 rings (SSSR count). The molecule has 0 aliphatic heterocycles. The SMILES string of the molecule is CCn1ccnc(NC(CO)c2ccccc2)c1=O. The predicted octanol–water partition coefficient (Wildman–Crippen LogP) is 1.41. The van der Waals surface area contributed by atoms with Crippen molar-refractivity contribution in [1.29, 1.82) is 0 Å². The molecule has 0 radical (unpaired) electrons. The summed E-state index contributed by atoms with van der Waals surface area (Å²) in [5.74, 6) is 0.257. The van der Waals surface area contributed by atoms with E-state index in [1.807, 2.05) is 37.3 Å². The van der Waals surface area contributed by atoms with E-state index < -0.39 is 0 Å². The van der Waals surface area contributed by atoms with Gasteiger partial charge in [0.2, 0.25) is 0 Å². The normalized spacial score (nSPS) is 12.1. The Kier molecular flexibility index (Phi) is 4.30. The summed E-state index contributed by atoms with van der Waals surface area (Å²) in [5, 5.41) is 12.5. The minimum Gasteiger partial charge on any atom is -0.394 e. The van der Waals surface area contributed by atoms with Gasteiger partial charge in [0, 0.05) is 18.9 Å². The lowest BCUT2D eigenvalue weighted by atomic mass is 10.1. The minimum atomic E-state index is -0.339. The molecule has 0 amide bonds. The zero-order chi connectivity index (χ0) is 13.7. The first kappa shape index (κ1) is 13.3. The highest BCUT2D eigenvalue weighted by Gasteiger charge is 2.13. The standard InChI is InChI=1S/C14H17N3O2/c1-2-17-9-8-15-13(14(17)19)16-12(10-18)11-6-4-3-5-7-11/h3-9,12,18H,2,10H2,1H3,(H,15,16). The third-order valence-corrected chi connectivity index (χ3v) is 2.95. The third-order valence-electron chi connectivity index (χ3n) is 2.95. The van der Waals surface area contributed by atoms with Crippen LogP contribution >= 0.6 is 0 Å². The number of benzene rings is 1. The highest BCUT2D eigenvalue weighted by atomic mass is 16.3. The van der Waals surface area contributed by atoms with E-state index in [9.17, 15) is 9.90 Å². The Hall–Kier alpha value is -2.14. The van der Waals surface area contributed by atoms with Crippen LogP contribution in [0.1, 0.15) is 18.5 Å². The monoisotopic (exact) mass is 259 g/mol. The number of nitrogens with zero attached hydrogens (tertiary/aromatic N) is 2. The number of anilines is 1. The fourth-order valence-electron chi connectivity index (χ4n) is 1.88. The molecule has 1 atom stereocenters. The highest BCUT2D eigenvalue weighted by Crippen LogP contribution is 2.15. The lowest BCUT2D eigenvalue weighted by molar-refractivity contribution is 0.276. The van der Waals surface area contributed by atoms with Crippen molar-refractivity contribution in [1.82, 2.24) is 9.55 Å². The van der Waals surface area contributed by atoms with Crippen molar-refractivity contribution < 1.29 is 5.11 Å². The summed E-state index contributed by atoms with van der Waals surface area (Å²) < 4.78 is 1.56. The van der Waals surface area contributed by atoms with Crippen LogP contribution in [-0.2, 0) is 6.54 Å². The Morgan fingerprint density at radius 2 is 2.11 bits per heavy atom. The maximum atomic E-state index is 12.0. The van der Waals surface area contributed by atoms with E-state index in [0.29, 0.717) is 6.54 Å². The second kappa shape index (κ2) is 6.15. The number of rotatable bonds is 5. The number of aliphatic hydroxyl groups is 1. The molecule has 0 spiro atoms. The molecule has 19 heavy (non-hydrogen) atoms. The lowest BCUT2D eigenvalue weighted by Gasteiger charge is -2.17. The van der Waals surface area contributed by atoms with Crippen molar-refractivity contribution in [3.63, 3.8) is 0 Å². The molecule has 2 N–H and O–H groups in total. The van der Waals surface area contributed by atoms with Gasteiger partial charge in [-0.25, -0.2) is 4.98 Å². The van der Waals surface area contributed by atoms with Crippen LogP contribution in [0, 0.1) is 0 Å². The first-order valence-electron chi connectivity index (χ1n) is 6.24. The van der Waals surface area contributed by atoms with Crippen molar-refractivity contribution in [3.8, 4) is 0 Å². The minimum absolute atomic E-state index is 0.105. The predicted molar refractivity (Wildman–Crippen MR) is 74.1 cm³/mol. The van der Waals surface area contributed by atoms with E-state index in [2.05, 4.69) is 10.3 Å². The second-order valence-corrected chi connectivity index (χ2v) is 4.16. The second-order valence-electron chi connectivity index (χ2n) is 4.16. The van der Waals surface area contributed by atoms with Gasteiger partial charge in [-0.3, -0.25) is 4.79 Å². The van der Waals surface area contributed by atoms with Crippen LogP contribution in [0.5, 0.6) is 0 Å². The van der Waals surface area contributed by atoms with Crippen molar-refractivity contribution in [2.24, 2.45) is 0 Å². The van der Waals surface area contributed by atoms with Gasteiger partial charge in [0.15, 0.2) is 5.82 Å². The van der Waals surface area contributed by atoms with Gasteiger partial charge in [-0.2, -0.15) is 0 Å². The van der Waals surface area contributed by atoms with Crippen LogP contribution < -0.4 is 10.9 Å². The first-order valence-corrected chi connectivity index (χ1v) is 6.24.